The van der Waals surface area contributed by atoms with Crippen molar-refractivity contribution >= 4 is 0 Å². The van der Waals surface area contributed by atoms with E-state index >= 15 is 0 Å². The highest BCUT2D eigenvalue weighted by Gasteiger charge is 2.14. The number of ether oxygens (including phenoxy) is 1. The van der Waals surface area contributed by atoms with E-state index < -0.39 is 0 Å². The second-order valence-corrected chi connectivity index (χ2v) is 5.31. The van der Waals surface area contributed by atoms with Crippen LogP contribution in [0.5, 0.6) is 0 Å². The van der Waals surface area contributed by atoms with Crippen molar-refractivity contribution in [2.24, 2.45) is 5.92 Å². The Labute approximate surface area is 113 Å². The summed E-state index contributed by atoms with van der Waals surface area (Å²) in [5.74, 6) is 0.655. The fourth-order valence-corrected chi connectivity index (χ4v) is 2.07. The van der Waals surface area contributed by atoms with E-state index in [1.165, 1.54) is 0 Å². The molecule has 0 aromatic carbocycles. The van der Waals surface area contributed by atoms with Gasteiger partial charge >= 0.3 is 0 Å². The minimum atomic E-state index is 0.251. The quantitative estimate of drug-likeness (QED) is 0.556. The van der Waals surface area contributed by atoms with Gasteiger partial charge in [0.2, 0.25) is 0 Å². The largest absolute Gasteiger partial charge is 0.396 e. The molecule has 0 spiro atoms. The first-order chi connectivity index (χ1) is 8.63. The molecule has 0 aliphatic rings. The second kappa shape index (κ2) is 11.9. The van der Waals surface area contributed by atoms with Gasteiger partial charge in [0, 0.05) is 39.4 Å². The average Bonchev–Trinajstić information content (AvgIpc) is 2.32. The van der Waals surface area contributed by atoms with Crippen molar-refractivity contribution in [1.82, 2.24) is 10.2 Å². The zero-order chi connectivity index (χ0) is 13.8. The van der Waals surface area contributed by atoms with Crippen LogP contribution in [0.3, 0.4) is 0 Å². The van der Waals surface area contributed by atoms with Gasteiger partial charge in [-0.1, -0.05) is 20.8 Å². The monoisotopic (exact) mass is 260 g/mol. The van der Waals surface area contributed by atoms with E-state index in [4.69, 9.17) is 9.84 Å². The molecule has 0 aliphatic carbocycles. The first-order valence-electron chi connectivity index (χ1n) is 7.19. The van der Waals surface area contributed by atoms with Crippen LogP contribution in [-0.2, 0) is 4.74 Å². The predicted molar refractivity (Wildman–Crippen MR) is 76.9 cm³/mol. The molecule has 0 amide bonds. The highest BCUT2D eigenvalue weighted by molar-refractivity contribution is 4.73. The summed E-state index contributed by atoms with van der Waals surface area (Å²) in [5.41, 5.74) is 0. The summed E-state index contributed by atoms with van der Waals surface area (Å²) in [5, 5.41) is 12.6. The van der Waals surface area contributed by atoms with Crippen molar-refractivity contribution in [3.63, 3.8) is 0 Å². The number of methoxy groups -OCH3 is 1. The van der Waals surface area contributed by atoms with E-state index in [-0.39, 0.29) is 6.61 Å². The molecule has 2 N–H and O–H groups in total. The van der Waals surface area contributed by atoms with E-state index in [9.17, 15) is 0 Å². The van der Waals surface area contributed by atoms with Crippen LogP contribution in [0.2, 0.25) is 0 Å². The van der Waals surface area contributed by atoms with Gasteiger partial charge in [0.25, 0.3) is 0 Å². The fourth-order valence-electron chi connectivity index (χ4n) is 2.07. The molecule has 0 aromatic heterocycles. The summed E-state index contributed by atoms with van der Waals surface area (Å²) in [6.45, 7) is 11.7. The predicted octanol–water partition coefficient (Wildman–Crippen LogP) is 1.34. The third kappa shape index (κ3) is 9.83. The molecule has 0 aromatic rings. The van der Waals surface area contributed by atoms with Crippen LogP contribution in [0.1, 0.15) is 33.6 Å². The van der Waals surface area contributed by atoms with Crippen LogP contribution in [0.15, 0.2) is 0 Å². The lowest BCUT2D eigenvalue weighted by atomic mass is 10.1. The van der Waals surface area contributed by atoms with Gasteiger partial charge in [-0.2, -0.15) is 0 Å². The summed E-state index contributed by atoms with van der Waals surface area (Å²) >= 11 is 0. The van der Waals surface area contributed by atoms with Gasteiger partial charge in [-0.25, -0.2) is 0 Å². The molecule has 1 unspecified atom stereocenters. The van der Waals surface area contributed by atoms with Crippen LogP contribution < -0.4 is 5.32 Å². The highest BCUT2D eigenvalue weighted by atomic mass is 16.5. The Balaban J connectivity index is 4.18. The summed E-state index contributed by atoms with van der Waals surface area (Å²) in [6.07, 6.45) is 1.95. The van der Waals surface area contributed by atoms with E-state index in [0.717, 1.165) is 45.6 Å². The SMILES string of the molecule is CCCNC(CCO)CN(CCOC)CC(C)C. The third-order valence-corrected chi connectivity index (χ3v) is 2.87. The number of nitrogens with zero attached hydrogens (tertiary/aromatic N) is 1. The maximum absolute atomic E-state index is 9.12. The first kappa shape index (κ1) is 17.8. The molecule has 0 radical (unpaired) electrons. The normalized spacial score (nSPS) is 13.5. The molecular weight excluding hydrogens is 228 g/mol. The van der Waals surface area contributed by atoms with Crippen LogP contribution in [0, 0.1) is 5.92 Å². The average molecular weight is 260 g/mol. The molecule has 110 valence electrons. The van der Waals surface area contributed by atoms with Gasteiger partial charge < -0.3 is 15.2 Å². The van der Waals surface area contributed by atoms with E-state index in [1.54, 1.807) is 7.11 Å². The van der Waals surface area contributed by atoms with Crippen LogP contribution in [-0.4, -0.2) is 62.6 Å². The molecule has 0 rings (SSSR count). The molecule has 18 heavy (non-hydrogen) atoms. The maximum atomic E-state index is 9.12. The Bertz CT molecular complexity index is 177. The van der Waals surface area contributed by atoms with Crippen molar-refractivity contribution < 1.29 is 9.84 Å². The molecule has 4 nitrogen and oxygen atoms in total. The summed E-state index contributed by atoms with van der Waals surface area (Å²) < 4.78 is 5.17. The smallest absolute Gasteiger partial charge is 0.0589 e. The van der Waals surface area contributed by atoms with Gasteiger partial charge in [0.1, 0.15) is 0 Å². The molecule has 0 saturated heterocycles. The maximum Gasteiger partial charge on any atom is 0.0589 e. The lowest BCUT2D eigenvalue weighted by molar-refractivity contribution is 0.128. The van der Waals surface area contributed by atoms with Gasteiger partial charge in [-0.15, -0.1) is 0 Å². The Hall–Kier alpha value is -0.160. The Kier molecular flexibility index (Phi) is 11.8. The molecule has 0 aliphatic heterocycles. The number of rotatable bonds is 12. The van der Waals surface area contributed by atoms with Crippen molar-refractivity contribution in [2.45, 2.75) is 39.7 Å². The molecule has 0 saturated carbocycles. The molecule has 0 heterocycles. The van der Waals surface area contributed by atoms with Crippen molar-refractivity contribution in [3.8, 4) is 0 Å². The summed E-state index contributed by atoms with van der Waals surface area (Å²) in [6, 6.07) is 0.380. The number of aliphatic hydroxyl groups is 1. The van der Waals surface area contributed by atoms with Gasteiger partial charge in [0.05, 0.1) is 6.61 Å². The Morgan fingerprint density at radius 2 is 2.00 bits per heavy atom. The van der Waals surface area contributed by atoms with Gasteiger partial charge in [-0.3, -0.25) is 4.90 Å². The van der Waals surface area contributed by atoms with Crippen LogP contribution >= 0.6 is 0 Å². The third-order valence-electron chi connectivity index (χ3n) is 2.87. The molecular formula is C14H32N2O2. The van der Waals surface area contributed by atoms with Crippen LogP contribution in [0.4, 0.5) is 0 Å². The lowest BCUT2D eigenvalue weighted by Gasteiger charge is -2.29. The van der Waals surface area contributed by atoms with E-state index in [1.807, 2.05) is 0 Å². The minimum Gasteiger partial charge on any atom is -0.396 e. The van der Waals surface area contributed by atoms with Crippen molar-refractivity contribution in [2.75, 3.05) is 46.5 Å². The Morgan fingerprint density at radius 3 is 2.50 bits per heavy atom. The number of aliphatic hydroxyl groups excluding tert-OH is 1. The summed E-state index contributed by atoms with van der Waals surface area (Å²) in [4.78, 5) is 2.43. The molecule has 0 fully saturated rings. The second-order valence-electron chi connectivity index (χ2n) is 5.31. The van der Waals surface area contributed by atoms with Crippen molar-refractivity contribution in [1.29, 1.82) is 0 Å². The highest BCUT2D eigenvalue weighted by Crippen LogP contribution is 2.03. The first-order valence-corrected chi connectivity index (χ1v) is 7.19. The minimum absolute atomic E-state index is 0.251. The summed E-state index contributed by atoms with van der Waals surface area (Å²) in [7, 11) is 1.74. The van der Waals surface area contributed by atoms with E-state index in [2.05, 4.69) is 31.0 Å². The van der Waals surface area contributed by atoms with Crippen molar-refractivity contribution in [3.05, 3.63) is 0 Å². The molecule has 4 heteroatoms. The molecule has 0 bridgehead atoms. The standard InChI is InChI=1S/C14H32N2O2/c1-5-7-15-14(6-9-17)12-16(8-10-18-4)11-13(2)3/h13-15,17H,5-12H2,1-4H3. The fraction of sp³-hybridized carbons (Fsp3) is 1.00. The molecule has 1 atom stereocenters. The number of hydrogen-bond donors (Lipinski definition) is 2. The zero-order valence-electron chi connectivity index (χ0n) is 12.6. The lowest BCUT2D eigenvalue weighted by Crippen LogP contribution is -2.44. The topological polar surface area (TPSA) is 44.7 Å². The van der Waals surface area contributed by atoms with Gasteiger partial charge in [0.15, 0.2) is 0 Å². The van der Waals surface area contributed by atoms with Gasteiger partial charge in [-0.05, 0) is 25.3 Å². The number of nitrogens with one attached hydrogen (secondary N) is 1. The zero-order valence-corrected chi connectivity index (χ0v) is 12.6. The number of hydrogen-bond acceptors (Lipinski definition) is 4. The Morgan fingerprint density at radius 1 is 1.28 bits per heavy atom. The van der Waals surface area contributed by atoms with Crippen LogP contribution in [0.25, 0.3) is 0 Å². The van der Waals surface area contributed by atoms with E-state index in [0.29, 0.717) is 12.0 Å².